The van der Waals surface area contributed by atoms with Gasteiger partial charge in [-0.1, -0.05) is 41.4 Å². The van der Waals surface area contributed by atoms with Gasteiger partial charge in [0.05, 0.1) is 21.6 Å². The summed E-state index contributed by atoms with van der Waals surface area (Å²) in [6.07, 6.45) is 0. The molecule has 0 aliphatic rings. The number of Topliss-reactive ketones (excluding diaryl/α,β-unsaturated/α-hetero) is 1. The van der Waals surface area contributed by atoms with E-state index < -0.39 is 16.6 Å². The zero-order chi connectivity index (χ0) is 14.7. The van der Waals surface area contributed by atoms with Gasteiger partial charge in [0.25, 0.3) is 0 Å². The molecule has 2 aromatic rings. The van der Waals surface area contributed by atoms with E-state index in [-0.39, 0.29) is 16.6 Å². The Labute approximate surface area is 124 Å². The number of ketones is 1. The van der Waals surface area contributed by atoms with Crippen molar-refractivity contribution in [2.24, 2.45) is 0 Å². The molecule has 0 spiro atoms. The second-order valence-electron chi connectivity index (χ2n) is 4.35. The van der Waals surface area contributed by atoms with Crippen molar-refractivity contribution in [3.63, 3.8) is 0 Å². The lowest BCUT2D eigenvalue weighted by Crippen LogP contribution is -2.11. The maximum atomic E-state index is 13.0. The highest BCUT2D eigenvalue weighted by Gasteiger charge is 2.13. The van der Waals surface area contributed by atoms with Crippen LogP contribution in [0.1, 0.15) is 15.9 Å². The number of rotatable bonds is 4. The molecule has 0 saturated carbocycles. The minimum Gasteiger partial charge on any atom is -0.293 e. The minimum absolute atomic E-state index is 0.0985. The third-order valence-corrected chi connectivity index (χ3v) is 4.38. The summed E-state index contributed by atoms with van der Waals surface area (Å²) >= 11 is 5.63. The van der Waals surface area contributed by atoms with Crippen molar-refractivity contribution in [1.82, 2.24) is 0 Å². The van der Waals surface area contributed by atoms with Crippen LogP contribution in [0, 0.1) is 12.7 Å². The van der Waals surface area contributed by atoms with Gasteiger partial charge < -0.3 is 0 Å². The molecule has 1 atom stereocenters. The summed E-state index contributed by atoms with van der Waals surface area (Å²) in [5.74, 6) is -0.938. The molecule has 0 aromatic heterocycles. The van der Waals surface area contributed by atoms with E-state index in [1.54, 1.807) is 12.1 Å². The Hall–Kier alpha value is -1.52. The maximum Gasteiger partial charge on any atom is 0.175 e. The first-order valence-corrected chi connectivity index (χ1v) is 7.60. The topological polar surface area (TPSA) is 34.1 Å². The van der Waals surface area contributed by atoms with Gasteiger partial charge in [0, 0.05) is 10.5 Å². The fourth-order valence-electron chi connectivity index (χ4n) is 1.64. The molecule has 2 nitrogen and oxygen atoms in total. The van der Waals surface area contributed by atoms with E-state index in [1.807, 2.05) is 19.1 Å². The Bertz CT molecular complexity index is 668. The lowest BCUT2D eigenvalue weighted by molar-refractivity contribution is 0.102. The fourth-order valence-corrected chi connectivity index (χ4v) is 2.93. The van der Waals surface area contributed by atoms with Gasteiger partial charge in [-0.25, -0.2) is 4.39 Å². The number of halogens is 2. The first-order valence-electron chi connectivity index (χ1n) is 5.90. The second kappa shape index (κ2) is 6.29. The lowest BCUT2D eigenvalue weighted by atomic mass is 10.1. The predicted molar refractivity (Wildman–Crippen MR) is 78.2 cm³/mol. The van der Waals surface area contributed by atoms with E-state index >= 15 is 0 Å². The van der Waals surface area contributed by atoms with E-state index in [4.69, 9.17) is 11.6 Å². The number of hydrogen-bond acceptors (Lipinski definition) is 2. The minimum atomic E-state index is -1.54. The van der Waals surface area contributed by atoms with Gasteiger partial charge in [-0.15, -0.1) is 0 Å². The van der Waals surface area contributed by atoms with Crippen LogP contribution in [0.5, 0.6) is 0 Å². The van der Waals surface area contributed by atoms with Crippen LogP contribution < -0.4 is 0 Å². The van der Waals surface area contributed by atoms with Gasteiger partial charge >= 0.3 is 0 Å². The number of carbonyl (C=O) groups excluding carboxylic acids is 1. The summed E-state index contributed by atoms with van der Waals surface area (Å²) in [6.45, 7) is 1.92. The molecular weight excluding hydrogens is 299 g/mol. The van der Waals surface area contributed by atoms with Crippen LogP contribution in [0.4, 0.5) is 4.39 Å². The van der Waals surface area contributed by atoms with E-state index in [1.165, 1.54) is 12.1 Å². The van der Waals surface area contributed by atoms with Gasteiger partial charge in [-0.3, -0.25) is 9.00 Å². The highest BCUT2D eigenvalue weighted by Crippen LogP contribution is 2.19. The van der Waals surface area contributed by atoms with Gasteiger partial charge in [-0.2, -0.15) is 0 Å². The third kappa shape index (κ3) is 3.52. The molecule has 0 radical (unpaired) electrons. The molecular formula is C15H12ClFO2S. The summed E-state index contributed by atoms with van der Waals surface area (Å²) in [5.41, 5.74) is 1.56. The van der Waals surface area contributed by atoms with Crippen LogP contribution >= 0.6 is 11.6 Å². The van der Waals surface area contributed by atoms with Gasteiger partial charge in [0.1, 0.15) is 5.82 Å². The van der Waals surface area contributed by atoms with Crippen molar-refractivity contribution < 1.29 is 13.4 Å². The van der Waals surface area contributed by atoms with Crippen LogP contribution in [0.15, 0.2) is 47.4 Å². The molecule has 0 bridgehead atoms. The van der Waals surface area contributed by atoms with Crippen molar-refractivity contribution in [3.8, 4) is 0 Å². The molecule has 0 aliphatic heterocycles. The smallest absolute Gasteiger partial charge is 0.175 e. The maximum absolute atomic E-state index is 13.0. The monoisotopic (exact) mass is 310 g/mol. The number of benzene rings is 2. The molecule has 104 valence electrons. The van der Waals surface area contributed by atoms with Crippen molar-refractivity contribution >= 4 is 28.2 Å². The lowest BCUT2D eigenvalue weighted by Gasteiger charge is -2.04. The van der Waals surface area contributed by atoms with Gasteiger partial charge in [0.2, 0.25) is 0 Å². The Morgan fingerprint density at radius 2 is 1.85 bits per heavy atom. The predicted octanol–water partition coefficient (Wildman–Crippen LogP) is 3.78. The first kappa shape index (κ1) is 14.9. The Kier molecular flexibility index (Phi) is 4.68. The standard InChI is InChI=1S/C15H12ClFO2S/c1-10-2-4-11(5-3-10)15(18)9-20(19)12-6-7-14(17)13(16)8-12/h2-8H,9H2,1H3. The molecule has 0 aliphatic carbocycles. The normalized spacial score (nSPS) is 12.2. The average Bonchev–Trinajstić information content (AvgIpc) is 2.42. The molecule has 0 N–H and O–H groups in total. The summed E-state index contributed by atoms with van der Waals surface area (Å²) in [6, 6.07) is 10.9. The highest BCUT2D eigenvalue weighted by molar-refractivity contribution is 7.85. The van der Waals surface area contributed by atoms with Gasteiger partial charge in [-0.05, 0) is 25.1 Å². The summed E-state index contributed by atoms with van der Waals surface area (Å²) in [7, 11) is -1.54. The van der Waals surface area contributed by atoms with Crippen molar-refractivity contribution in [2.75, 3.05) is 5.75 Å². The zero-order valence-corrected chi connectivity index (χ0v) is 12.3. The van der Waals surface area contributed by atoms with Crippen molar-refractivity contribution in [3.05, 3.63) is 64.4 Å². The molecule has 0 amide bonds. The number of aryl methyl sites for hydroxylation is 1. The van der Waals surface area contributed by atoms with E-state index in [2.05, 4.69) is 0 Å². The van der Waals surface area contributed by atoms with Crippen molar-refractivity contribution in [1.29, 1.82) is 0 Å². The molecule has 0 fully saturated rings. The Morgan fingerprint density at radius 1 is 1.20 bits per heavy atom. The molecule has 2 rings (SSSR count). The Balaban J connectivity index is 2.13. The quantitative estimate of drug-likeness (QED) is 0.805. The number of hydrogen-bond donors (Lipinski definition) is 0. The Morgan fingerprint density at radius 3 is 2.45 bits per heavy atom. The molecule has 20 heavy (non-hydrogen) atoms. The molecule has 5 heteroatoms. The van der Waals surface area contributed by atoms with Crippen LogP contribution in [0.3, 0.4) is 0 Å². The zero-order valence-electron chi connectivity index (χ0n) is 10.7. The highest BCUT2D eigenvalue weighted by atomic mass is 35.5. The van der Waals surface area contributed by atoms with Crippen LogP contribution in [0.2, 0.25) is 5.02 Å². The van der Waals surface area contributed by atoms with E-state index in [9.17, 15) is 13.4 Å². The molecule has 1 unspecified atom stereocenters. The van der Waals surface area contributed by atoms with E-state index in [0.29, 0.717) is 10.5 Å². The largest absolute Gasteiger partial charge is 0.293 e. The third-order valence-electron chi connectivity index (χ3n) is 2.79. The van der Waals surface area contributed by atoms with Crippen molar-refractivity contribution in [2.45, 2.75) is 11.8 Å². The molecule has 0 saturated heterocycles. The van der Waals surface area contributed by atoms with Crippen LogP contribution in [-0.2, 0) is 10.8 Å². The summed E-state index contributed by atoms with van der Waals surface area (Å²) in [5, 5.41) is -0.0985. The molecule has 2 aromatic carbocycles. The summed E-state index contributed by atoms with van der Waals surface area (Å²) < 4.78 is 25.1. The average molecular weight is 311 g/mol. The SMILES string of the molecule is Cc1ccc(C(=O)CS(=O)c2ccc(F)c(Cl)c2)cc1. The van der Waals surface area contributed by atoms with Crippen LogP contribution in [-0.4, -0.2) is 15.7 Å². The fraction of sp³-hybridized carbons (Fsp3) is 0.133. The second-order valence-corrected chi connectivity index (χ2v) is 6.21. The van der Waals surface area contributed by atoms with Crippen LogP contribution in [0.25, 0.3) is 0 Å². The summed E-state index contributed by atoms with van der Waals surface area (Å²) in [4.78, 5) is 12.3. The van der Waals surface area contributed by atoms with E-state index in [0.717, 1.165) is 11.6 Å². The number of carbonyl (C=O) groups is 1. The van der Waals surface area contributed by atoms with Gasteiger partial charge in [0.15, 0.2) is 5.78 Å². The molecule has 0 heterocycles. The first-order chi connectivity index (χ1) is 9.47.